The molecular formula is C43H55N5O8S. The van der Waals surface area contributed by atoms with E-state index < -0.39 is 56.8 Å². The topological polar surface area (TPSA) is 164 Å². The molecule has 4 amide bonds. The molecule has 0 bridgehead atoms. The predicted molar refractivity (Wildman–Crippen MR) is 218 cm³/mol. The number of fused-ring (bicyclic) bond motifs is 1. The third kappa shape index (κ3) is 9.27. The number of ether oxygens (including phenoxy) is 2. The van der Waals surface area contributed by atoms with Crippen LogP contribution in [0.3, 0.4) is 0 Å². The van der Waals surface area contributed by atoms with Crippen LogP contribution in [0.1, 0.15) is 72.6 Å². The Bertz CT molecular complexity index is 2110. The quantitative estimate of drug-likeness (QED) is 0.208. The number of benzene rings is 2. The van der Waals surface area contributed by atoms with E-state index in [0.717, 1.165) is 24.8 Å². The average Bonchev–Trinajstić information content (AvgIpc) is 3.75. The van der Waals surface area contributed by atoms with Gasteiger partial charge in [-0.15, -0.1) is 6.58 Å². The zero-order valence-electron chi connectivity index (χ0n) is 33.6. The lowest BCUT2D eigenvalue weighted by atomic mass is 9.77. The number of hydrogen-bond acceptors (Lipinski definition) is 9. The summed E-state index contributed by atoms with van der Waals surface area (Å²) < 4.78 is 39.7. The molecular weight excluding hydrogens is 747 g/mol. The number of pyridine rings is 1. The third-order valence-electron chi connectivity index (χ3n) is 11.4. The van der Waals surface area contributed by atoms with Gasteiger partial charge in [0.25, 0.3) is 5.91 Å². The molecule has 5 atom stereocenters. The Balaban J connectivity index is 1.34. The number of nitrogens with one attached hydrogen (secondary N) is 2. The summed E-state index contributed by atoms with van der Waals surface area (Å²) in [7, 11) is -2.36. The van der Waals surface area contributed by atoms with Gasteiger partial charge in [-0.2, -0.15) is 0 Å². The Labute approximate surface area is 335 Å². The Kier molecular flexibility index (Phi) is 12.3. The van der Waals surface area contributed by atoms with Crippen molar-refractivity contribution < 1.29 is 37.1 Å². The fourth-order valence-corrected chi connectivity index (χ4v) is 9.12. The van der Waals surface area contributed by atoms with E-state index in [-0.39, 0.29) is 43.4 Å². The van der Waals surface area contributed by atoms with Gasteiger partial charge < -0.3 is 24.6 Å². The predicted octanol–water partition coefficient (Wildman–Crippen LogP) is 5.24. The smallest absolute Gasteiger partial charge is 0.259 e. The number of piperidine rings is 1. The van der Waals surface area contributed by atoms with Crippen molar-refractivity contribution in [3.8, 4) is 22.8 Å². The molecule has 6 rings (SSSR count). The molecule has 1 saturated carbocycles. The highest BCUT2D eigenvalue weighted by Gasteiger charge is 2.61. The molecule has 0 unspecified atom stereocenters. The maximum atomic E-state index is 14.9. The maximum Gasteiger partial charge on any atom is 0.259 e. The van der Waals surface area contributed by atoms with E-state index in [0.29, 0.717) is 47.6 Å². The highest BCUT2D eigenvalue weighted by Crippen LogP contribution is 2.45. The van der Waals surface area contributed by atoms with Gasteiger partial charge >= 0.3 is 0 Å². The van der Waals surface area contributed by atoms with E-state index in [1.54, 1.807) is 14.0 Å². The van der Waals surface area contributed by atoms with Crippen LogP contribution in [-0.2, 0) is 29.2 Å². The van der Waals surface area contributed by atoms with E-state index in [1.807, 2.05) is 80.3 Å². The van der Waals surface area contributed by atoms with Gasteiger partial charge in [0.15, 0.2) is 0 Å². The zero-order valence-corrected chi connectivity index (χ0v) is 34.4. The largest absolute Gasteiger partial charge is 0.497 e. The Hall–Kier alpha value is -4.98. The minimum absolute atomic E-state index is 0.0177. The molecule has 1 aliphatic carbocycles. The number of hydrogen-bond donors (Lipinski definition) is 2. The number of amides is 4. The second-order valence-corrected chi connectivity index (χ2v) is 18.4. The van der Waals surface area contributed by atoms with Crippen molar-refractivity contribution in [2.24, 2.45) is 17.3 Å². The number of nitrogens with zero attached hydrogens (tertiary/aromatic N) is 3. The van der Waals surface area contributed by atoms with Crippen LogP contribution in [0.15, 0.2) is 67.3 Å². The molecule has 57 heavy (non-hydrogen) atoms. The molecule has 14 heteroatoms. The molecule has 3 heterocycles. The zero-order chi connectivity index (χ0) is 41.1. The summed E-state index contributed by atoms with van der Waals surface area (Å²) in [5.41, 5.74) is -0.0426. The Morgan fingerprint density at radius 1 is 1.05 bits per heavy atom. The van der Waals surface area contributed by atoms with E-state index in [2.05, 4.69) is 16.6 Å². The second-order valence-electron chi connectivity index (χ2n) is 16.6. The van der Waals surface area contributed by atoms with Crippen LogP contribution in [-0.4, -0.2) is 97.0 Å². The highest BCUT2D eigenvalue weighted by molar-refractivity contribution is 7.90. The lowest BCUT2D eigenvalue weighted by Gasteiger charge is -2.36. The van der Waals surface area contributed by atoms with Crippen molar-refractivity contribution in [2.45, 2.75) is 90.3 Å². The molecule has 3 fully saturated rings. The van der Waals surface area contributed by atoms with Crippen molar-refractivity contribution in [3.63, 3.8) is 0 Å². The lowest BCUT2D eigenvalue weighted by Crippen LogP contribution is -2.57. The molecule has 0 radical (unpaired) electrons. The minimum atomic E-state index is -3.94. The SMILES string of the molecule is C=C[C@H]1C[C@]1(NC(=O)[C@@H]1C[C@@H](Oc2cc(-c3ccccc3)nc3cc(OC)ccc23)CN1C(=O)[C@@H](CC(=O)N1CCCCC1)C(C)(C)C)C(=O)NS(=O)(=O)CCC. The molecule has 13 nitrogen and oxygen atoms in total. The standard InChI is InChI=1S/C43H55N5O8S/c1-7-21-57(53,54)46-41(52)43(26-29(43)8-2)45-39(50)36-23-31(27-48(36)40(51)33(42(3,4)5)24-38(49)47-19-13-10-14-20-47)56-37-25-34(28-15-11-9-12-16-28)44-35-22-30(55-6)17-18-32(35)37/h8-9,11-12,15-18,22,25,29,31,33,36H,2,7,10,13-14,19-21,23-24,26-27H2,1,3-6H3,(H,45,50)(H,46,52)/t29-,31+,33+,36-,43+/m0/s1. The second kappa shape index (κ2) is 16.9. The van der Waals surface area contributed by atoms with Crippen molar-refractivity contribution in [1.82, 2.24) is 24.8 Å². The van der Waals surface area contributed by atoms with E-state index in [1.165, 1.54) is 11.0 Å². The number of carbonyl (C=O) groups is 4. The first kappa shape index (κ1) is 41.6. The summed E-state index contributed by atoms with van der Waals surface area (Å²) in [6, 6.07) is 15.9. The normalized spacial score (nSPS) is 22.7. The number of methoxy groups -OCH3 is 1. The minimum Gasteiger partial charge on any atom is -0.497 e. The van der Waals surface area contributed by atoms with Crippen molar-refractivity contribution in [3.05, 3.63) is 67.3 Å². The average molecular weight is 802 g/mol. The molecule has 1 aromatic heterocycles. The van der Waals surface area contributed by atoms with Crippen molar-refractivity contribution >= 4 is 44.6 Å². The van der Waals surface area contributed by atoms with Crippen LogP contribution in [0.4, 0.5) is 0 Å². The first-order valence-corrected chi connectivity index (χ1v) is 21.5. The fourth-order valence-electron chi connectivity index (χ4n) is 8.01. The van der Waals surface area contributed by atoms with Crippen LogP contribution < -0.4 is 19.5 Å². The summed E-state index contributed by atoms with van der Waals surface area (Å²) in [4.78, 5) is 64.8. The maximum absolute atomic E-state index is 14.9. The fraction of sp³-hybridized carbons (Fsp3) is 0.512. The number of carbonyl (C=O) groups excluding carboxylic acids is 4. The number of sulfonamides is 1. The molecule has 3 aliphatic rings. The summed E-state index contributed by atoms with van der Waals surface area (Å²) in [5, 5.41) is 3.56. The number of rotatable bonds is 14. The molecule has 2 aromatic carbocycles. The number of aromatic nitrogens is 1. The van der Waals surface area contributed by atoms with E-state index >= 15 is 0 Å². The van der Waals surface area contributed by atoms with E-state index in [9.17, 15) is 27.6 Å². The van der Waals surface area contributed by atoms with Gasteiger partial charge in [0, 0.05) is 54.9 Å². The summed E-state index contributed by atoms with van der Waals surface area (Å²) in [6.45, 7) is 12.6. The number of likely N-dealkylation sites (tertiary alicyclic amines) is 2. The van der Waals surface area contributed by atoms with Crippen LogP contribution >= 0.6 is 0 Å². The van der Waals surface area contributed by atoms with Gasteiger partial charge in [0.1, 0.15) is 29.2 Å². The molecule has 306 valence electrons. The first-order chi connectivity index (χ1) is 27.1. The molecule has 2 aliphatic heterocycles. The highest BCUT2D eigenvalue weighted by atomic mass is 32.2. The monoisotopic (exact) mass is 801 g/mol. The van der Waals surface area contributed by atoms with Crippen molar-refractivity contribution in [2.75, 3.05) is 32.5 Å². The van der Waals surface area contributed by atoms with Gasteiger partial charge in [0.05, 0.1) is 36.5 Å². The third-order valence-corrected chi connectivity index (χ3v) is 12.8. The molecule has 2 N–H and O–H groups in total. The van der Waals surface area contributed by atoms with Crippen LogP contribution in [0, 0.1) is 17.3 Å². The van der Waals surface area contributed by atoms with Crippen molar-refractivity contribution in [1.29, 1.82) is 0 Å². The van der Waals surface area contributed by atoms with Crippen LogP contribution in [0.2, 0.25) is 0 Å². The van der Waals surface area contributed by atoms with Crippen LogP contribution in [0.25, 0.3) is 22.2 Å². The van der Waals surface area contributed by atoms with Gasteiger partial charge in [-0.05, 0) is 49.7 Å². The molecule has 0 spiro atoms. The van der Waals surface area contributed by atoms with E-state index in [4.69, 9.17) is 14.5 Å². The Morgan fingerprint density at radius 3 is 2.40 bits per heavy atom. The van der Waals surface area contributed by atoms with Crippen LogP contribution in [0.5, 0.6) is 11.5 Å². The van der Waals surface area contributed by atoms with Gasteiger partial charge in [-0.1, -0.05) is 64.1 Å². The molecule has 3 aromatic rings. The molecule has 2 saturated heterocycles. The summed E-state index contributed by atoms with van der Waals surface area (Å²) in [5.74, 6) is -2.35. The summed E-state index contributed by atoms with van der Waals surface area (Å²) in [6.07, 6.45) is 4.23. The lowest BCUT2D eigenvalue weighted by molar-refractivity contribution is -0.148. The van der Waals surface area contributed by atoms with Gasteiger partial charge in [-0.25, -0.2) is 13.4 Å². The first-order valence-electron chi connectivity index (χ1n) is 19.9. The summed E-state index contributed by atoms with van der Waals surface area (Å²) >= 11 is 0. The Morgan fingerprint density at radius 2 is 1.77 bits per heavy atom. The van der Waals surface area contributed by atoms with Gasteiger partial charge in [0.2, 0.25) is 27.7 Å². The van der Waals surface area contributed by atoms with Gasteiger partial charge in [-0.3, -0.25) is 23.9 Å².